The number of para-hydroxylation sites is 1. The molecule has 5 nitrogen and oxygen atoms in total. The summed E-state index contributed by atoms with van der Waals surface area (Å²) >= 11 is 0. The van der Waals surface area contributed by atoms with Crippen LogP contribution in [-0.2, 0) is 10.0 Å². The summed E-state index contributed by atoms with van der Waals surface area (Å²) in [5.74, 6) is 0.894. The van der Waals surface area contributed by atoms with Crippen LogP contribution in [0.1, 0.15) is 32.6 Å². The number of benzene rings is 1. The zero-order valence-electron chi connectivity index (χ0n) is 12.5. The van der Waals surface area contributed by atoms with Crippen molar-refractivity contribution in [2.45, 2.75) is 43.1 Å². The van der Waals surface area contributed by atoms with Gasteiger partial charge in [0.25, 0.3) is 0 Å². The Balaban J connectivity index is 2.08. The van der Waals surface area contributed by atoms with Crippen LogP contribution < -0.4 is 9.46 Å². The minimum atomic E-state index is -3.69. The predicted molar refractivity (Wildman–Crippen MR) is 80.8 cm³/mol. The van der Waals surface area contributed by atoms with Crippen molar-refractivity contribution in [3.8, 4) is 5.75 Å². The largest absolute Gasteiger partial charge is 0.495 e. The minimum Gasteiger partial charge on any atom is -0.495 e. The van der Waals surface area contributed by atoms with Crippen LogP contribution in [0, 0.1) is 5.92 Å². The molecule has 21 heavy (non-hydrogen) atoms. The van der Waals surface area contributed by atoms with E-state index in [4.69, 9.17) is 4.74 Å². The number of rotatable bonds is 5. The standard InChI is InChI=1S/C15H23NO4S/c1-12-7-9-15(17,10-8-12)11-16-21(18,19)14-6-4-3-5-13(14)20-2/h3-6,12,16-17H,7-11H2,1-2H3. The lowest BCUT2D eigenvalue weighted by Crippen LogP contribution is -2.45. The first kappa shape index (κ1) is 16.3. The van der Waals surface area contributed by atoms with Gasteiger partial charge in [-0.1, -0.05) is 19.1 Å². The maximum atomic E-state index is 12.4. The molecule has 0 heterocycles. The van der Waals surface area contributed by atoms with E-state index in [9.17, 15) is 13.5 Å². The number of ether oxygens (including phenoxy) is 1. The molecule has 118 valence electrons. The molecule has 6 heteroatoms. The van der Waals surface area contributed by atoms with Gasteiger partial charge in [0.05, 0.1) is 12.7 Å². The molecule has 1 aliphatic carbocycles. The Bertz CT molecular complexity index is 577. The molecule has 0 spiro atoms. The maximum Gasteiger partial charge on any atom is 0.244 e. The van der Waals surface area contributed by atoms with Crippen molar-refractivity contribution < 1.29 is 18.3 Å². The lowest BCUT2D eigenvalue weighted by Gasteiger charge is -2.34. The predicted octanol–water partition coefficient (Wildman–Crippen LogP) is 1.91. The molecule has 0 radical (unpaired) electrons. The minimum absolute atomic E-state index is 0.0418. The monoisotopic (exact) mass is 313 g/mol. The van der Waals surface area contributed by atoms with Gasteiger partial charge in [-0.15, -0.1) is 0 Å². The van der Waals surface area contributed by atoms with Crippen LogP contribution >= 0.6 is 0 Å². The van der Waals surface area contributed by atoms with Crippen LogP contribution in [0.2, 0.25) is 0 Å². The average molecular weight is 313 g/mol. The zero-order chi connectivity index (χ0) is 15.5. The summed E-state index contributed by atoms with van der Waals surface area (Å²) in [4.78, 5) is 0.0975. The van der Waals surface area contributed by atoms with E-state index in [0.29, 0.717) is 24.5 Å². The van der Waals surface area contributed by atoms with Crippen LogP contribution in [0.25, 0.3) is 0 Å². The quantitative estimate of drug-likeness (QED) is 0.871. The van der Waals surface area contributed by atoms with Crippen molar-refractivity contribution >= 4 is 10.0 Å². The molecular formula is C15H23NO4S. The highest BCUT2D eigenvalue weighted by atomic mass is 32.2. The number of sulfonamides is 1. The van der Waals surface area contributed by atoms with Crippen LogP contribution in [0.4, 0.5) is 0 Å². The van der Waals surface area contributed by atoms with E-state index in [1.165, 1.54) is 13.2 Å². The van der Waals surface area contributed by atoms with Gasteiger partial charge in [-0.3, -0.25) is 0 Å². The summed E-state index contributed by atoms with van der Waals surface area (Å²) in [5.41, 5.74) is -0.943. The van der Waals surface area contributed by atoms with Gasteiger partial charge >= 0.3 is 0 Å². The molecule has 0 amide bonds. The van der Waals surface area contributed by atoms with Crippen LogP contribution in [0.5, 0.6) is 5.75 Å². The van der Waals surface area contributed by atoms with Crippen molar-refractivity contribution in [1.29, 1.82) is 0 Å². The van der Waals surface area contributed by atoms with E-state index in [2.05, 4.69) is 11.6 Å². The molecular weight excluding hydrogens is 290 g/mol. The molecule has 1 aromatic rings. The topological polar surface area (TPSA) is 75.6 Å². The molecule has 1 aromatic carbocycles. The third-order valence-corrected chi connectivity index (χ3v) is 5.60. The number of aliphatic hydroxyl groups is 1. The normalized spacial score (nSPS) is 26.5. The molecule has 0 aliphatic heterocycles. The van der Waals surface area contributed by atoms with Crippen molar-refractivity contribution in [1.82, 2.24) is 4.72 Å². The molecule has 2 rings (SSSR count). The third-order valence-electron chi connectivity index (χ3n) is 4.15. The Labute approximate surface area is 126 Å². The van der Waals surface area contributed by atoms with Crippen molar-refractivity contribution in [2.75, 3.05) is 13.7 Å². The highest BCUT2D eigenvalue weighted by Crippen LogP contribution is 2.32. The second-order valence-corrected chi connectivity index (χ2v) is 7.62. The Kier molecular flexibility index (Phi) is 4.91. The van der Waals surface area contributed by atoms with E-state index in [0.717, 1.165) is 12.8 Å². The smallest absolute Gasteiger partial charge is 0.244 e. The summed E-state index contributed by atoms with van der Waals surface area (Å²) in [6.45, 7) is 2.19. The fraction of sp³-hybridized carbons (Fsp3) is 0.600. The lowest BCUT2D eigenvalue weighted by molar-refractivity contribution is -0.00183. The Morgan fingerprint density at radius 1 is 1.33 bits per heavy atom. The van der Waals surface area contributed by atoms with E-state index < -0.39 is 15.6 Å². The third kappa shape index (κ3) is 3.96. The van der Waals surface area contributed by atoms with Gasteiger partial charge in [0.1, 0.15) is 10.6 Å². The molecule has 0 saturated heterocycles. The second-order valence-electron chi connectivity index (χ2n) is 5.88. The van der Waals surface area contributed by atoms with E-state index in [-0.39, 0.29) is 11.4 Å². The summed E-state index contributed by atoms with van der Waals surface area (Å²) in [6.07, 6.45) is 3.10. The van der Waals surface area contributed by atoms with Gasteiger partial charge in [0, 0.05) is 6.54 Å². The van der Waals surface area contributed by atoms with E-state index in [1.807, 2.05) is 0 Å². The highest BCUT2D eigenvalue weighted by Gasteiger charge is 2.33. The van der Waals surface area contributed by atoms with Gasteiger partial charge in [0.15, 0.2) is 0 Å². The van der Waals surface area contributed by atoms with Crippen LogP contribution in [0.3, 0.4) is 0 Å². The number of hydrogen-bond acceptors (Lipinski definition) is 4. The SMILES string of the molecule is COc1ccccc1S(=O)(=O)NCC1(O)CCC(C)CC1. The molecule has 1 saturated carbocycles. The lowest BCUT2D eigenvalue weighted by atomic mass is 9.80. The molecule has 1 fully saturated rings. The highest BCUT2D eigenvalue weighted by molar-refractivity contribution is 7.89. The van der Waals surface area contributed by atoms with Crippen LogP contribution in [0.15, 0.2) is 29.2 Å². The summed E-state index contributed by atoms with van der Waals surface area (Å²) in [7, 11) is -2.25. The molecule has 0 aromatic heterocycles. The molecule has 0 atom stereocenters. The molecule has 1 aliphatic rings. The number of hydrogen-bond donors (Lipinski definition) is 2. The molecule has 2 N–H and O–H groups in total. The fourth-order valence-corrected chi connectivity index (χ4v) is 3.91. The second kappa shape index (κ2) is 6.34. The Morgan fingerprint density at radius 2 is 1.95 bits per heavy atom. The fourth-order valence-electron chi connectivity index (χ4n) is 2.62. The number of methoxy groups -OCH3 is 1. The van der Waals surface area contributed by atoms with E-state index in [1.54, 1.807) is 18.2 Å². The summed E-state index contributed by atoms with van der Waals surface area (Å²) in [5, 5.41) is 10.5. The molecule has 0 unspecified atom stereocenters. The maximum absolute atomic E-state index is 12.4. The van der Waals surface area contributed by atoms with Crippen LogP contribution in [-0.4, -0.2) is 32.8 Å². The van der Waals surface area contributed by atoms with Gasteiger partial charge in [-0.2, -0.15) is 0 Å². The van der Waals surface area contributed by atoms with Gasteiger partial charge in [-0.05, 0) is 43.7 Å². The van der Waals surface area contributed by atoms with Gasteiger partial charge < -0.3 is 9.84 Å². The van der Waals surface area contributed by atoms with Gasteiger partial charge in [-0.25, -0.2) is 13.1 Å². The number of nitrogens with one attached hydrogen (secondary N) is 1. The first-order chi connectivity index (χ1) is 9.86. The van der Waals surface area contributed by atoms with Crippen molar-refractivity contribution in [3.63, 3.8) is 0 Å². The van der Waals surface area contributed by atoms with E-state index >= 15 is 0 Å². The molecule has 0 bridgehead atoms. The summed E-state index contributed by atoms with van der Waals surface area (Å²) < 4.78 is 32.3. The van der Waals surface area contributed by atoms with Crippen molar-refractivity contribution in [2.24, 2.45) is 5.92 Å². The first-order valence-corrected chi connectivity index (χ1v) is 8.70. The Hall–Kier alpha value is -1.11. The summed E-state index contributed by atoms with van der Waals surface area (Å²) in [6, 6.07) is 6.46. The van der Waals surface area contributed by atoms with Gasteiger partial charge in [0.2, 0.25) is 10.0 Å². The first-order valence-electron chi connectivity index (χ1n) is 7.21. The Morgan fingerprint density at radius 3 is 2.57 bits per heavy atom. The zero-order valence-corrected chi connectivity index (χ0v) is 13.3. The average Bonchev–Trinajstić information content (AvgIpc) is 2.49. The van der Waals surface area contributed by atoms with Crippen molar-refractivity contribution in [3.05, 3.63) is 24.3 Å².